The van der Waals surface area contributed by atoms with E-state index in [1.807, 2.05) is 23.1 Å². The minimum Gasteiger partial charge on any atom is -0.382 e. The van der Waals surface area contributed by atoms with Gasteiger partial charge in [-0.05, 0) is 18.1 Å². The number of hydrogen-bond acceptors (Lipinski definition) is 7. The van der Waals surface area contributed by atoms with Crippen LogP contribution in [0.25, 0.3) is 0 Å². The molecule has 3 rings (SSSR count). The Morgan fingerprint density at radius 1 is 1.33 bits per heavy atom. The first kappa shape index (κ1) is 19.2. The predicted octanol–water partition coefficient (Wildman–Crippen LogP) is 1.04. The quantitative estimate of drug-likeness (QED) is 0.569. The van der Waals surface area contributed by atoms with E-state index in [4.69, 9.17) is 14.9 Å². The molecule has 1 aromatic rings. The molecule has 2 aliphatic rings. The van der Waals surface area contributed by atoms with Crippen molar-refractivity contribution >= 4 is 17.4 Å². The summed E-state index contributed by atoms with van der Waals surface area (Å²) in [5.74, 6) is 0.727. The number of nitrogens with zero attached hydrogens (tertiary/aromatic N) is 4. The van der Waals surface area contributed by atoms with Crippen molar-refractivity contribution in [3.8, 4) is 0 Å². The molecule has 2 heterocycles. The number of allylic oxidation sites excluding steroid dienone is 2. The Bertz CT molecular complexity index is 761. The maximum Gasteiger partial charge on any atom is 0.241 e. The zero-order valence-corrected chi connectivity index (χ0v) is 15.7. The van der Waals surface area contributed by atoms with Gasteiger partial charge in [-0.1, -0.05) is 12.2 Å². The SMILES string of the molecule is COCCOC1C=C(C(=N)c2cc(N3CCN(C)C(=O)C3)ncn2)C=CC1. The normalized spacial score (nSPS) is 20.0. The molecule has 27 heavy (non-hydrogen) atoms. The van der Waals surface area contributed by atoms with Crippen LogP contribution in [0.4, 0.5) is 5.82 Å². The highest BCUT2D eigenvalue weighted by molar-refractivity contribution is 6.11. The maximum absolute atomic E-state index is 11.9. The number of rotatable bonds is 7. The van der Waals surface area contributed by atoms with E-state index in [1.54, 1.807) is 25.1 Å². The summed E-state index contributed by atoms with van der Waals surface area (Å²) in [6.07, 6.45) is 8.01. The molecule has 1 saturated heterocycles. The number of piperazine rings is 1. The molecular weight excluding hydrogens is 346 g/mol. The molecule has 1 aliphatic carbocycles. The van der Waals surface area contributed by atoms with E-state index in [-0.39, 0.29) is 18.6 Å². The van der Waals surface area contributed by atoms with Gasteiger partial charge in [-0.3, -0.25) is 10.2 Å². The molecule has 1 N–H and O–H groups in total. The summed E-state index contributed by atoms with van der Waals surface area (Å²) in [5, 5.41) is 8.53. The van der Waals surface area contributed by atoms with Gasteiger partial charge in [0.15, 0.2) is 0 Å². The Morgan fingerprint density at radius 2 is 2.19 bits per heavy atom. The molecule has 0 radical (unpaired) electrons. The number of aromatic nitrogens is 2. The van der Waals surface area contributed by atoms with E-state index in [2.05, 4.69) is 9.97 Å². The largest absolute Gasteiger partial charge is 0.382 e. The molecule has 1 aliphatic heterocycles. The third-order valence-electron chi connectivity index (χ3n) is 4.63. The van der Waals surface area contributed by atoms with Gasteiger partial charge in [0.2, 0.25) is 5.91 Å². The molecule has 1 fully saturated rings. The Kier molecular flexibility index (Phi) is 6.31. The summed E-state index contributed by atoms with van der Waals surface area (Å²) < 4.78 is 10.8. The molecular formula is C19H25N5O3. The topological polar surface area (TPSA) is 91.6 Å². The van der Waals surface area contributed by atoms with Gasteiger partial charge in [0.1, 0.15) is 12.1 Å². The smallest absolute Gasteiger partial charge is 0.241 e. The molecule has 0 aromatic carbocycles. The summed E-state index contributed by atoms with van der Waals surface area (Å²) in [5.41, 5.74) is 1.61. The van der Waals surface area contributed by atoms with Crippen molar-refractivity contribution in [2.75, 3.05) is 51.9 Å². The number of methoxy groups -OCH3 is 1. The molecule has 1 aromatic heterocycles. The highest BCUT2D eigenvalue weighted by Gasteiger charge is 2.23. The van der Waals surface area contributed by atoms with Crippen molar-refractivity contribution in [1.29, 1.82) is 5.41 Å². The van der Waals surface area contributed by atoms with Crippen LogP contribution >= 0.6 is 0 Å². The average Bonchev–Trinajstić information content (AvgIpc) is 2.70. The highest BCUT2D eigenvalue weighted by atomic mass is 16.5. The van der Waals surface area contributed by atoms with Crippen molar-refractivity contribution in [1.82, 2.24) is 14.9 Å². The average molecular weight is 371 g/mol. The van der Waals surface area contributed by atoms with E-state index in [0.717, 1.165) is 12.0 Å². The van der Waals surface area contributed by atoms with Crippen LogP contribution < -0.4 is 4.90 Å². The van der Waals surface area contributed by atoms with Crippen molar-refractivity contribution in [3.05, 3.63) is 41.9 Å². The minimum absolute atomic E-state index is 0.0606. The molecule has 0 bridgehead atoms. The van der Waals surface area contributed by atoms with Crippen molar-refractivity contribution in [3.63, 3.8) is 0 Å². The fraction of sp³-hybridized carbons (Fsp3) is 0.474. The zero-order valence-electron chi connectivity index (χ0n) is 15.7. The molecule has 0 saturated carbocycles. The number of carbonyl (C=O) groups excluding carboxylic acids is 1. The lowest BCUT2D eigenvalue weighted by Crippen LogP contribution is -2.48. The Morgan fingerprint density at radius 3 is 2.96 bits per heavy atom. The first-order valence-electron chi connectivity index (χ1n) is 8.97. The highest BCUT2D eigenvalue weighted by Crippen LogP contribution is 2.20. The van der Waals surface area contributed by atoms with Crippen molar-refractivity contribution < 1.29 is 14.3 Å². The van der Waals surface area contributed by atoms with E-state index in [1.165, 1.54) is 6.33 Å². The van der Waals surface area contributed by atoms with E-state index >= 15 is 0 Å². The second-order valence-electron chi connectivity index (χ2n) is 6.54. The van der Waals surface area contributed by atoms with Gasteiger partial charge in [-0.2, -0.15) is 0 Å². The number of carbonyl (C=O) groups is 1. The Labute approximate surface area is 159 Å². The monoisotopic (exact) mass is 371 g/mol. The second-order valence-corrected chi connectivity index (χ2v) is 6.54. The molecule has 1 atom stereocenters. The van der Waals surface area contributed by atoms with Crippen LogP contribution in [0.3, 0.4) is 0 Å². The summed E-state index contributed by atoms with van der Waals surface area (Å²) in [7, 11) is 3.44. The van der Waals surface area contributed by atoms with E-state index < -0.39 is 0 Å². The molecule has 144 valence electrons. The molecule has 8 nitrogen and oxygen atoms in total. The minimum atomic E-state index is -0.0722. The fourth-order valence-corrected chi connectivity index (χ4v) is 2.98. The van der Waals surface area contributed by atoms with Crippen LogP contribution in [0.15, 0.2) is 36.2 Å². The van der Waals surface area contributed by atoms with E-state index in [9.17, 15) is 4.79 Å². The Balaban J connectivity index is 1.71. The lowest BCUT2D eigenvalue weighted by Gasteiger charge is -2.32. The molecule has 0 spiro atoms. The summed E-state index contributed by atoms with van der Waals surface area (Å²) in [6.45, 7) is 2.72. The van der Waals surface area contributed by atoms with Crippen LogP contribution in [0.1, 0.15) is 12.1 Å². The van der Waals surface area contributed by atoms with Gasteiger partial charge in [0, 0.05) is 33.3 Å². The number of nitrogens with one attached hydrogen (secondary N) is 1. The second kappa shape index (κ2) is 8.88. The van der Waals surface area contributed by atoms with Crippen molar-refractivity contribution in [2.24, 2.45) is 0 Å². The lowest BCUT2D eigenvalue weighted by atomic mass is 9.99. The van der Waals surface area contributed by atoms with Gasteiger partial charge in [0.05, 0.1) is 37.3 Å². The van der Waals surface area contributed by atoms with E-state index in [0.29, 0.717) is 43.5 Å². The first-order valence-corrected chi connectivity index (χ1v) is 8.97. The van der Waals surface area contributed by atoms with Gasteiger partial charge in [0.25, 0.3) is 0 Å². The molecule has 8 heteroatoms. The predicted molar refractivity (Wildman–Crippen MR) is 102 cm³/mol. The van der Waals surface area contributed by atoms with Crippen LogP contribution in [0.5, 0.6) is 0 Å². The third kappa shape index (κ3) is 4.78. The number of ether oxygens (including phenoxy) is 2. The number of amides is 1. The van der Waals surface area contributed by atoms with Crippen molar-refractivity contribution in [2.45, 2.75) is 12.5 Å². The number of hydrogen-bond donors (Lipinski definition) is 1. The Hall–Kier alpha value is -2.58. The summed E-state index contributed by atoms with van der Waals surface area (Å²) in [4.78, 5) is 24.1. The zero-order chi connectivity index (χ0) is 19.2. The summed E-state index contributed by atoms with van der Waals surface area (Å²) in [6, 6.07) is 1.77. The number of likely N-dealkylation sites (N-methyl/N-ethyl adjacent to an activating group) is 1. The third-order valence-corrected chi connectivity index (χ3v) is 4.63. The van der Waals surface area contributed by atoms with Gasteiger partial charge < -0.3 is 19.3 Å². The number of anilines is 1. The molecule has 1 amide bonds. The first-order chi connectivity index (χ1) is 13.1. The fourth-order valence-electron chi connectivity index (χ4n) is 2.98. The summed E-state index contributed by atoms with van der Waals surface area (Å²) >= 11 is 0. The van der Waals surface area contributed by atoms with Crippen LogP contribution in [-0.2, 0) is 14.3 Å². The van der Waals surface area contributed by atoms with Gasteiger partial charge >= 0.3 is 0 Å². The lowest BCUT2D eigenvalue weighted by molar-refractivity contribution is -0.129. The van der Waals surface area contributed by atoms with Crippen LogP contribution in [0, 0.1) is 5.41 Å². The van der Waals surface area contributed by atoms with Crippen LogP contribution in [-0.4, -0.2) is 79.6 Å². The maximum atomic E-state index is 11.9. The standard InChI is InChI=1S/C19H25N5O3/c1-23-6-7-24(12-18(23)25)17-11-16(21-13-22-17)19(20)14-4-3-5-15(10-14)27-9-8-26-2/h3-4,10-11,13,15,20H,5-9,12H2,1-2H3. The van der Waals surface area contributed by atoms with Crippen LogP contribution in [0.2, 0.25) is 0 Å². The molecule has 1 unspecified atom stereocenters. The van der Waals surface area contributed by atoms with Gasteiger partial charge in [-0.25, -0.2) is 9.97 Å². The van der Waals surface area contributed by atoms with Gasteiger partial charge in [-0.15, -0.1) is 0 Å².